The third-order valence-electron chi connectivity index (χ3n) is 4.72. The molecule has 1 aromatic heterocycles. The minimum absolute atomic E-state index is 0.0572. The molecule has 1 amide bonds. The highest BCUT2D eigenvalue weighted by atomic mass is 16.5. The van der Waals surface area contributed by atoms with Crippen molar-refractivity contribution in [2.75, 3.05) is 34.3 Å². The van der Waals surface area contributed by atoms with E-state index in [9.17, 15) is 4.79 Å². The Morgan fingerprint density at radius 3 is 2.50 bits per heavy atom. The van der Waals surface area contributed by atoms with Crippen molar-refractivity contribution in [3.63, 3.8) is 0 Å². The van der Waals surface area contributed by atoms with Crippen LogP contribution in [0.25, 0.3) is 16.9 Å². The first-order valence-corrected chi connectivity index (χ1v) is 9.36. The van der Waals surface area contributed by atoms with Gasteiger partial charge in [0.2, 0.25) is 0 Å². The zero-order valence-electron chi connectivity index (χ0n) is 16.9. The molecule has 0 radical (unpaired) electrons. The molecule has 5 heteroatoms. The van der Waals surface area contributed by atoms with Crippen molar-refractivity contribution >= 4 is 5.91 Å². The lowest BCUT2D eigenvalue weighted by Gasteiger charge is -2.13. The molecule has 3 rings (SSSR count). The second-order valence-corrected chi connectivity index (χ2v) is 6.99. The molecule has 146 valence electrons. The van der Waals surface area contributed by atoms with Gasteiger partial charge >= 0.3 is 0 Å². The number of methoxy groups -OCH3 is 1. The van der Waals surface area contributed by atoms with E-state index in [2.05, 4.69) is 9.88 Å². The quantitative estimate of drug-likeness (QED) is 0.682. The largest absolute Gasteiger partial charge is 0.497 e. The molecule has 28 heavy (non-hydrogen) atoms. The minimum Gasteiger partial charge on any atom is -0.497 e. The monoisotopic (exact) mass is 377 g/mol. The van der Waals surface area contributed by atoms with E-state index >= 15 is 0 Å². The molecule has 0 saturated heterocycles. The highest BCUT2D eigenvalue weighted by molar-refractivity contribution is 5.97. The Labute approximate surface area is 166 Å². The number of likely N-dealkylation sites (N-methyl/N-ethyl adjacent to an activating group) is 1. The van der Waals surface area contributed by atoms with Gasteiger partial charge in [0.05, 0.1) is 18.4 Å². The fourth-order valence-electron chi connectivity index (χ4n) is 3.23. The summed E-state index contributed by atoms with van der Waals surface area (Å²) in [5.41, 5.74) is 4.57. The Morgan fingerprint density at radius 2 is 1.82 bits per heavy atom. The molecule has 2 aromatic carbocycles. The Hall–Kier alpha value is -3.05. The van der Waals surface area contributed by atoms with Crippen LogP contribution < -0.4 is 10.1 Å². The van der Waals surface area contributed by atoms with Crippen LogP contribution in [0.15, 0.2) is 60.7 Å². The molecular weight excluding hydrogens is 350 g/mol. The van der Waals surface area contributed by atoms with Gasteiger partial charge < -0.3 is 19.5 Å². The fraction of sp³-hybridized carbons (Fsp3) is 0.261. The average Bonchev–Trinajstić information content (AvgIpc) is 3.05. The van der Waals surface area contributed by atoms with Crippen LogP contribution in [0.2, 0.25) is 0 Å². The number of carbonyl (C=O) groups excluding carboxylic acids is 1. The van der Waals surface area contributed by atoms with Crippen molar-refractivity contribution in [3.8, 4) is 22.7 Å². The van der Waals surface area contributed by atoms with Gasteiger partial charge in [0.25, 0.3) is 5.91 Å². The van der Waals surface area contributed by atoms with Gasteiger partial charge in [-0.15, -0.1) is 0 Å². The maximum atomic E-state index is 12.8. The van der Waals surface area contributed by atoms with E-state index in [0.717, 1.165) is 34.9 Å². The van der Waals surface area contributed by atoms with Gasteiger partial charge in [0.1, 0.15) is 5.75 Å². The normalized spacial score (nSPS) is 10.9. The highest BCUT2D eigenvalue weighted by Crippen LogP contribution is 2.31. The van der Waals surface area contributed by atoms with E-state index < -0.39 is 0 Å². The summed E-state index contributed by atoms with van der Waals surface area (Å²) in [6.45, 7) is 3.39. The Balaban J connectivity index is 2.06. The number of rotatable bonds is 7. The summed E-state index contributed by atoms with van der Waals surface area (Å²) in [7, 11) is 5.64. The number of carbonyl (C=O) groups is 1. The number of para-hydroxylation sites is 1. The number of hydrogen-bond acceptors (Lipinski definition) is 3. The van der Waals surface area contributed by atoms with Crippen molar-refractivity contribution < 1.29 is 9.53 Å². The highest BCUT2D eigenvalue weighted by Gasteiger charge is 2.19. The van der Waals surface area contributed by atoms with E-state index in [0.29, 0.717) is 12.1 Å². The molecule has 0 aliphatic rings. The number of nitrogens with one attached hydrogen (secondary N) is 1. The number of aromatic nitrogens is 1. The smallest absolute Gasteiger partial charge is 0.253 e. The molecule has 5 nitrogen and oxygen atoms in total. The molecule has 1 heterocycles. The van der Waals surface area contributed by atoms with Gasteiger partial charge in [-0.25, -0.2) is 0 Å². The lowest BCUT2D eigenvalue weighted by molar-refractivity contribution is 0.0950. The van der Waals surface area contributed by atoms with E-state index in [1.807, 2.05) is 86.6 Å². The lowest BCUT2D eigenvalue weighted by Crippen LogP contribution is -2.31. The number of benzene rings is 2. The summed E-state index contributed by atoms with van der Waals surface area (Å²) in [6.07, 6.45) is 0. The second kappa shape index (κ2) is 8.76. The third-order valence-corrected chi connectivity index (χ3v) is 4.72. The van der Waals surface area contributed by atoms with Crippen LogP contribution in [0.3, 0.4) is 0 Å². The zero-order chi connectivity index (χ0) is 20.1. The number of ether oxygens (including phenoxy) is 1. The van der Waals surface area contributed by atoms with Crippen molar-refractivity contribution in [1.82, 2.24) is 14.8 Å². The standard InChI is InChI=1S/C23H27N3O2/c1-17-21(23(27)24-13-14-25(2)3)16-22(18-9-8-12-20(15-18)28-4)26(17)19-10-6-5-7-11-19/h5-12,15-16H,13-14H2,1-4H3,(H,24,27). The molecule has 0 unspecified atom stereocenters. The van der Waals surface area contributed by atoms with Gasteiger partial charge in [0, 0.05) is 30.0 Å². The average molecular weight is 377 g/mol. The van der Waals surface area contributed by atoms with E-state index in [1.54, 1.807) is 7.11 Å². The van der Waals surface area contributed by atoms with Gasteiger partial charge in [-0.05, 0) is 51.4 Å². The van der Waals surface area contributed by atoms with Crippen molar-refractivity contribution in [2.45, 2.75) is 6.92 Å². The van der Waals surface area contributed by atoms with Gasteiger partial charge in [0.15, 0.2) is 0 Å². The van der Waals surface area contributed by atoms with Gasteiger partial charge in [-0.3, -0.25) is 4.79 Å². The van der Waals surface area contributed by atoms with E-state index in [-0.39, 0.29) is 5.91 Å². The van der Waals surface area contributed by atoms with E-state index in [4.69, 9.17) is 4.74 Å². The SMILES string of the molecule is COc1cccc(-c2cc(C(=O)NCCN(C)C)c(C)n2-c2ccccc2)c1. The van der Waals surface area contributed by atoms with Crippen molar-refractivity contribution in [2.24, 2.45) is 0 Å². The van der Waals surface area contributed by atoms with Crippen LogP contribution in [0, 0.1) is 6.92 Å². The number of hydrogen-bond donors (Lipinski definition) is 1. The van der Waals surface area contributed by atoms with Crippen LogP contribution in [0.5, 0.6) is 5.75 Å². The van der Waals surface area contributed by atoms with Crippen LogP contribution >= 0.6 is 0 Å². The molecule has 0 spiro atoms. The summed E-state index contributed by atoms with van der Waals surface area (Å²) in [5.74, 6) is 0.728. The first-order valence-electron chi connectivity index (χ1n) is 9.36. The first kappa shape index (κ1) is 19.7. The Kier molecular flexibility index (Phi) is 6.16. The summed E-state index contributed by atoms with van der Waals surface area (Å²) < 4.78 is 7.51. The van der Waals surface area contributed by atoms with Crippen LogP contribution in [-0.4, -0.2) is 49.7 Å². The summed E-state index contributed by atoms with van der Waals surface area (Å²) in [5, 5.41) is 3.02. The summed E-state index contributed by atoms with van der Waals surface area (Å²) in [6, 6.07) is 19.9. The molecular formula is C23H27N3O2. The molecule has 0 atom stereocenters. The molecule has 0 aliphatic heterocycles. The van der Waals surface area contributed by atoms with Crippen LogP contribution in [0.4, 0.5) is 0 Å². The topological polar surface area (TPSA) is 46.5 Å². The zero-order valence-corrected chi connectivity index (χ0v) is 16.9. The fourth-order valence-corrected chi connectivity index (χ4v) is 3.23. The number of nitrogens with zero attached hydrogens (tertiary/aromatic N) is 2. The van der Waals surface area contributed by atoms with Gasteiger partial charge in [-0.1, -0.05) is 30.3 Å². The first-order chi connectivity index (χ1) is 13.5. The van der Waals surface area contributed by atoms with Gasteiger partial charge in [-0.2, -0.15) is 0 Å². The third kappa shape index (κ3) is 4.26. The van der Waals surface area contributed by atoms with Crippen molar-refractivity contribution in [3.05, 3.63) is 71.9 Å². The van der Waals surface area contributed by atoms with E-state index in [1.165, 1.54) is 0 Å². The summed E-state index contributed by atoms with van der Waals surface area (Å²) >= 11 is 0. The summed E-state index contributed by atoms with van der Waals surface area (Å²) in [4.78, 5) is 14.9. The molecule has 3 aromatic rings. The van der Waals surface area contributed by atoms with Crippen LogP contribution in [0.1, 0.15) is 16.1 Å². The van der Waals surface area contributed by atoms with Crippen molar-refractivity contribution in [1.29, 1.82) is 0 Å². The maximum Gasteiger partial charge on any atom is 0.253 e. The molecule has 0 aliphatic carbocycles. The maximum absolute atomic E-state index is 12.8. The predicted molar refractivity (Wildman–Crippen MR) is 113 cm³/mol. The molecule has 0 fully saturated rings. The predicted octanol–water partition coefficient (Wildman–Crippen LogP) is 3.75. The molecule has 1 N–H and O–H groups in total. The Morgan fingerprint density at radius 1 is 1.07 bits per heavy atom. The molecule has 0 bridgehead atoms. The minimum atomic E-state index is -0.0572. The molecule has 0 saturated carbocycles. The number of amides is 1. The van der Waals surface area contributed by atoms with Crippen LogP contribution in [-0.2, 0) is 0 Å². The Bertz CT molecular complexity index is 946. The second-order valence-electron chi connectivity index (χ2n) is 6.99. The lowest BCUT2D eigenvalue weighted by atomic mass is 10.1.